The van der Waals surface area contributed by atoms with Gasteiger partial charge in [-0.05, 0) is 31.1 Å². The van der Waals surface area contributed by atoms with Gasteiger partial charge in [0.15, 0.2) is 0 Å². The molecule has 0 aliphatic rings. The van der Waals surface area contributed by atoms with E-state index in [1.165, 1.54) is 4.90 Å². The summed E-state index contributed by atoms with van der Waals surface area (Å²) in [6.07, 6.45) is 1.02. The molecule has 0 aliphatic carbocycles. The summed E-state index contributed by atoms with van der Waals surface area (Å²) < 4.78 is 10.8. The summed E-state index contributed by atoms with van der Waals surface area (Å²) in [4.78, 5) is 42.1. The van der Waals surface area contributed by atoms with Gasteiger partial charge in [-0.15, -0.1) is 0 Å². The Hall–Kier alpha value is -1.83. The van der Waals surface area contributed by atoms with Crippen LogP contribution in [0.4, 0.5) is 4.79 Å². The fourth-order valence-electron chi connectivity index (χ4n) is 4.17. The number of hydrogen-bond acceptors (Lipinski definition) is 5. The number of likely N-dealkylation sites (N-methyl/N-ethyl adjacent to an activating group) is 2. The third-order valence-electron chi connectivity index (χ3n) is 6.21. The van der Waals surface area contributed by atoms with Crippen molar-refractivity contribution in [2.45, 2.75) is 92.5 Å². The van der Waals surface area contributed by atoms with Gasteiger partial charge in [-0.3, -0.25) is 14.5 Å². The third-order valence-corrected chi connectivity index (χ3v) is 6.21. The Kier molecular flexibility index (Phi) is 13.5. The highest BCUT2D eigenvalue weighted by Gasteiger charge is 2.38. The van der Waals surface area contributed by atoms with E-state index in [4.69, 9.17) is 9.47 Å². The highest BCUT2D eigenvalue weighted by Crippen LogP contribution is 2.23. The summed E-state index contributed by atoms with van der Waals surface area (Å²) in [6.45, 7) is 15.7. The van der Waals surface area contributed by atoms with Crippen molar-refractivity contribution in [1.29, 1.82) is 0 Å². The molecule has 0 radical (unpaired) electrons. The van der Waals surface area contributed by atoms with Crippen molar-refractivity contribution in [2.75, 3.05) is 27.8 Å². The van der Waals surface area contributed by atoms with Gasteiger partial charge in [0.1, 0.15) is 12.1 Å². The van der Waals surface area contributed by atoms with E-state index >= 15 is 0 Å². The Balaban J connectivity index is 5.82. The molecule has 0 bridgehead atoms. The van der Waals surface area contributed by atoms with Gasteiger partial charge < -0.3 is 19.7 Å². The first-order valence-corrected chi connectivity index (χ1v) is 11.9. The molecule has 3 amide bonds. The van der Waals surface area contributed by atoms with Crippen molar-refractivity contribution < 1.29 is 23.9 Å². The van der Waals surface area contributed by atoms with Crippen molar-refractivity contribution in [1.82, 2.24) is 15.1 Å². The topological polar surface area (TPSA) is 88.2 Å². The molecule has 0 aromatic rings. The van der Waals surface area contributed by atoms with Crippen LogP contribution in [0.5, 0.6) is 0 Å². The SMILES string of the molecule is CCOC(=O)N(C)[C@H](C(=O)N[C@H](C(=O)N(C)[C@@H]([C@@H](C)CC)[C@@H](CC)OC)C(C)C)C(C)C. The van der Waals surface area contributed by atoms with E-state index in [0.717, 1.165) is 12.8 Å². The number of carbonyl (C=O) groups is 3. The molecule has 188 valence electrons. The highest BCUT2D eigenvalue weighted by molar-refractivity contribution is 5.91. The molecule has 0 aliphatic heterocycles. The van der Waals surface area contributed by atoms with E-state index in [-0.39, 0.29) is 48.3 Å². The molecule has 0 rings (SSSR count). The first-order chi connectivity index (χ1) is 14.9. The zero-order valence-electron chi connectivity index (χ0n) is 22.1. The zero-order valence-corrected chi connectivity index (χ0v) is 22.1. The molecule has 1 N–H and O–H groups in total. The number of nitrogens with zero attached hydrogens (tertiary/aromatic N) is 2. The van der Waals surface area contributed by atoms with Crippen LogP contribution >= 0.6 is 0 Å². The second-order valence-electron chi connectivity index (χ2n) is 9.24. The van der Waals surface area contributed by atoms with Gasteiger partial charge in [0.05, 0.1) is 18.8 Å². The van der Waals surface area contributed by atoms with E-state index in [0.29, 0.717) is 0 Å². The van der Waals surface area contributed by atoms with Crippen LogP contribution in [0.2, 0.25) is 0 Å². The van der Waals surface area contributed by atoms with Gasteiger partial charge in [0.25, 0.3) is 0 Å². The number of ether oxygens (including phenoxy) is 2. The molecule has 0 aromatic carbocycles. The Morgan fingerprint density at radius 1 is 0.875 bits per heavy atom. The summed E-state index contributed by atoms with van der Waals surface area (Å²) in [7, 11) is 5.00. The number of nitrogens with one attached hydrogen (secondary N) is 1. The maximum absolute atomic E-state index is 13.6. The van der Waals surface area contributed by atoms with Crippen LogP contribution in [0.15, 0.2) is 0 Å². The van der Waals surface area contributed by atoms with Crippen LogP contribution in [0.3, 0.4) is 0 Å². The number of hydrogen-bond donors (Lipinski definition) is 1. The van der Waals surface area contributed by atoms with E-state index in [9.17, 15) is 14.4 Å². The quantitative estimate of drug-likeness (QED) is 0.457. The lowest BCUT2D eigenvalue weighted by atomic mass is 9.90. The summed E-state index contributed by atoms with van der Waals surface area (Å²) in [5.74, 6) is -0.577. The van der Waals surface area contributed by atoms with Crippen LogP contribution in [-0.4, -0.2) is 79.7 Å². The maximum Gasteiger partial charge on any atom is 0.410 e. The molecular weight excluding hydrogens is 410 g/mol. The van der Waals surface area contributed by atoms with Gasteiger partial charge in [-0.25, -0.2) is 4.79 Å². The molecule has 0 fully saturated rings. The fourth-order valence-corrected chi connectivity index (χ4v) is 4.17. The van der Waals surface area contributed by atoms with Crippen LogP contribution in [0.25, 0.3) is 0 Å². The molecule has 0 saturated heterocycles. The zero-order chi connectivity index (χ0) is 25.2. The summed E-state index contributed by atoms with van der Waals surface area (Å²) in [5, 5.41) is 2.92. The molecule has 32 heavy (non-hydrogen) atoms. The average molecular weight is 458 g/mol. The number of rotatable bonds is 13. The maximum atomic E-state index is 13.6. The summed E-state index contributed by atoms with van der Waals surface area (Å²) in [6, 6.07) is -1.57. The molecule has 0 spiro atoms. The van der Waals surface area contributed by atoms with Gasteiger partial charge in [0.2, 0.25) is 11.8 Å². The average Bonchev–Trinajstić information content (AvgIpc) is 2.73. The molecule has 8 nitrogen and oxygen atoms in total. The Labute approximate surface area is 195 Å². The summed E-state index contributed by atoms with van der Waals surface area (Å²) >= 11 is 0. The molecule has 8 heteroatoms. The lowest BCUT2D eigenvalue weighted by Gasteiger charge is -2.40. The van der Waals surface area contributed by atoms with Crippen molar-refractivity contribution in [3.63, 3.8) is 0 Å². The highest BCUT2D eigenvalue weighted by atomic mass is 16.6. The van der Waals surface area contributed by atoms with Crippen molar-refractivity contribution in [3.05, 3.63) is 0 Å². The lowest BCUT2D eigenvalue weighted by Crippen LogP contribution is -2.60. The van der Waals surface area contributed by atoms with Crippen LogP contribution in [-0.2, 0) is 19.1 Å². The minimum absolute atomic E-state index is 0.0965. The van der Waals surface area contributed by atoms with E-state index in [1.54, 1.807) is 33.0 Å². The minimum atomic E-state index is -0.749. The number of amides is 3. The Morgan fingerprint density at radius 2 is 1.44 bits per heavy atom. The predicted molar refractivity (Wildman–Crippen MR) is 127 cm³/mol. The number of methoxy groups -OCH3 is 1. The summed E-state index contributed by atoms with van der Waals surface area (Å²) in [5.41, 5.74) is 0. The molecular formula is C24H47N3O5. The first-order valence-electron chi connectivity index (χ1n) is 11.9. The van der Waals surface area contributed by atoms with Crippen molar-refractivity contribution >= 4 is 17.9 Å². The Bertz CT molecular complexity index is 592. The molecule has 0 saturated carbocycles. The van der Waals surface area contributed by atoms with Crippen molar-refractivity contribution in [3.8, 4) is 0 Å². The third kappa shape index (κ3) is 7.94. The van der Waals surface area contributed by atoms with Crippen molar-refractivity contribution in [2.24, 2.45) is 17.8 Å². The largest absolute Gasteiger partial charge is 0.450 e. The molecule has 5 atom stereocenters. The lowest BCUT2D eigenvalue weighted by molar-refractivity contribution is -0.143. The van der Waals surface area contributed by atoms with Crippen LogP contribution in [0.1, 0.15) is 68.2 Å². The van der Waals surface area contributed by atoms with E-state index in [2.05, 4.69) is 19.2 Å². The monoisotopic (exact) mass is 457 g/mol. The standard InChI is InChI=1S/C24H47N3O5/c1-12-17(8)21(18(13-2)31-11)26(9)23(29)19(15(4)5)25-22(28)20(16(6)7)27(10)24(30)32-14-3/h15-21H,12-14H2,1-11H3,(H,25,28)/t17-,18+,19-,20-,21-/m0/s1. The second kappa shape index (κ2) is 14.3. The van der Waals surface area contributed by atoms with Crippen LogP contribution < -0.4 is 5.32 Å². The van der Waals surface area contributed by atoms with E-state index < -0.39 is 18.2 Å². The fraction of sp³-hybridized carbons (Fsp3) is 0.875. The smallest absolute Gasteiger partial charge is 0.410 e. The predicted octanol–water partition coefficient (Wildman–Crippen LogP) is 3.54. The normalized spacial score (nSPS) is 16.2. The second-order valence-corrected chi connectivity index (χ2v) is 9.24. The van der Waals surface area contributed by atoms with Crippen LogP contribution in [0, 0.1) is 17.8 Å². The van der Waals surface area contributed by atoms with Gasteiger partial charge >= 0.3 is 6.09 Å². The van der Waals surface area contributed by atoms with Gasteiger partial charge in [0, 0.05) is 21.2 Å². The molecule has 0 aromatic heterocycles. The molecule has 0 unspecified atom stereocenters. The first kappa shape index (κ1) is 30.2. The molecule has 0 heterocycles. The minimum Gasteiger partial charge on any atom is -0.450 e. The van der Waals surface area contributed by atoms with E-state index in [1.807, 2.05) is 34.6 Å². The van der Waals surface area contributed by atoms with Gasteiger partial charge in [-0.1, -0.05) is 54.9 Å². The van der Waals surface area contributed by atoms with Gasteiger partial charge in [-0.2, -0.15) is 0 Å². The number of carbonyl (C=O) groups excluding carboxylic acids is 3. The Morgan fingerprint density at radius 3 is 1.81 bits per heavy atom.